The molecule has 42 heteroatoms. The Morgan fingerprint density at radius 1 is 0.482 bits per heavy atom. The zero-order chi connectivity index (χ0) is 85.9. The summed E-state index contributed by atoms with van der Waals surface area (Å²) in [5.74, 6) is -18.5. The maximum atomic E-state index is 14.6. The van der Waals surface area contributed by atoms with Crippen LogP contribution >= 0.6 is 0 Å². The minimum Gasteiger partial charge on any atom is -0.480 e. The van der Waals surface area contributed by atoms with Gasteiger partial charge < -0.3 is 124 Å². The second-order valence-electron chi connectivity index (χ2n) is 29.3. The Labute approximate surface area is 663 Å². The Morgan fingerprint density at radius 3 is 1.34 bits per heavy atom. The van der Waals surface area contributed by atoms with E-state index in [9.17, 15) is 91.4 Å². The first-order valence-electron chi connectivity index (χ1n) is 38.9. The molecule has 42 nitrogen and oxygen atoms in total. The van der Waals surface area contributed by atoms with Gasteiger partial charge in [-0.3, -0.25) is 81.5 Å². The van der Waals surface area contributed by atoms with Crippen LogP contribution in [0, 0.1) is 23.7 Å². The van der Waals surface area contributed by atoms with Crippen LogP contribution in [0.2, 0.25) is 0 Å². The van der Waals surface area contributed by atoms with Gasteiger partial charge >= 0.3 is 5.97 Å². The SMILES string of the molecule is CC[C@H](C)[C@H](NC(=O)[C@H](CCC(N)=O)NC(=O)[C@@H](NC(=O)[C@H](CCCCN)NC(=O)CNC(=O)CNC(=O)CNC(=O)[C@@H]1CCCN1C(=O)[C@H](CCC(N)=O)NC(=O)[C@@H](N)Cc1cnc[nH]1)C(C)C)C(=O)N[C@H](C(=O)N[C@@H](CC(N)=O)C(=O)N[C@@H](CCCCN)C(=O)N[C@@H](CCCCN)C(=O)N[C@@H](CC(C)C)C(=O)O)[C@@H](C)CC. The highest BCUT2D eigenvalue weighted by atomic mass is 16.4. The number of primary amides is 3. The Hall–Kier alpha value is -10.5. The number of hydrogen-bond donors (Lipinski definition) is 22. The minimum absolute atomic E-state index is 0.0271. The lowest BCUT2D eigenvalue weighted by molar-refractivity contribution is -0.143. The van der Waals surface area contributed by atoms with Gasteiger partial charge in [-0.2, -0.15) is 0 Å². The summed E-state index contributed by atoms with van der Waals surface area (Å²) < 4.78 is 0. The molecule has 0 bridgehead atoms. The summed E-state index contributed by atoms with van der Waals surface area (Å²) in [7, 11) is 0. The Kier molecular flexibility index (Phi) is 46.1. The first-order chi connectivity index (χ1) is 53.8. The molecule has 0 aliphatic carbocycles. The van der Waals surface area contributed by atoms with E-state index in [2.05, 4.69) is 79.1 Å². The van der Waals surface area contributed by atoms with Gasteiger partial charge in [0.25, 0.3) is 0 Å². The predicted octanol–water partition coefficient (Wildman–Crippen LogP) is -6.86. The fourth-order valence-electron chi connectivity index (χ4n) is 12.0. The number of amides is 17. The number of likely N-dealkylation sites (tertiary alicyclic amines) is 1. The van der Waals surface area contributed by atoms with Crippen molar-refractivity contribution in [2.24, 2.45) is 63.8 Å². The van der Waals surface area contributed by atoms with Crippen molar-refractivity contribution in [2.75, 3.05) is 45.8 Å². The largest absolute Gasteiger partial charge is 0.480 e. The summed E-state index contributed by atoms with van der Waals surface area (Å²) in [6, 6.07) is -16.6. The highest BCUT2D eigenvalue weighted by molar-refractivity contribution is 6.01. The molecule has 1 saturated heterocycles. The van der Waals surface area contributed by atoms with Crippen LogP contribution in [0.15, 0.2) is 12.5 Å². The minimum atomic E-state index is -1.77. The molecule has 0 saturated carbocycles. The van der Waals surface area contributed by atoms with Crippen molar-refractivity contribution >= 4 is 106 Å². The van der Waals surface area contributed by atoms with Gasteiger partial charge in [-0.15, -0.1) is 0 Å². The molecule has 14 atom stereocenters. The molecule has 0 aromatic carbocycles. The lowest BCUT2D eigenvalue weighted by atomic mass is 9.94. The highest BCUT2D eigenvalue weighted by Gasteiger charge is 2.41. The lowest BCUT2D eigenvalue weighted by Crippen LogP contribution is -2.62. The lowest BCUT2D eigenvalue weighted by Gasteiger charge is -2.31. The first-order valence-corrected chi connectivity index (χ1v) is 38.9. The molecule has 1 aliphatic rings. The Morgan fingerprint density at radius 2 is 0.886 bits per heavy atom. The number of unbranched alkanes of at least 4 members (excludes halogenated alkanes) is 3. The number of aromatic nitrogens is 2. The zero-order valence-electron chi connectivity index (χ0n) is 66.7. The van der Waals surface area contributed by atoms with Gasteiger partial charge in [-0.05, 0) is 133 Å². The third-order valence-corrected chi connectivity index (χ3v) is 19.0. The molecule has 642 valence electrons. The molecule has 2 heterocycles. The summed E-state index contributed by atoms with van der Waals surface area (Å²) in [5.41, 5.74) is 40.3. The number of nitrogens with two attached hydrogens (primary N) is 7. The molecule has 0 radical (unpaired) electrons. The van der Waals surface area contributed by atoms with Crippen molar-refractivity contribution < 1.29 is 91.4 Å². The van der Waals surface area contributed by atoms with Gasteiger partial charge in [-0.25, -0.2) is 9.78 Å². The highest BCUT2D eigenvalue weighted by Crippen LogP contribution is 2.21. The molecule has 2 rings (SSSR count). The monoisotopic (exact) mass is 1620 g/mol. The molecule has 1 aromatic heterocycles. The Balaban J connectivity index is 2.27. The molecule has 29 N–H and O–H groups in total. The average molecular weight is 1620 g/mol. The number of nitrogens with one attached hydrogen (secondary N) is 14. The topological polar surface area (TPSA) is 698 Å². The van der Waals surface area contributed by atoms with E-state index >= 15 is 0 Å². The third kappa shape index (κ3) is 37.0. The van der Waals surface area contributed by atoms with Gasteiger partial charge in [0.15, 0.2) is 0 Å². The second-order valence-corrected chi connectivity index (χ2v) is 29.3. The molecule has 1 aliphatic heterocycles. The van der Waals surface area contributed by atoms with Gasteiger partial charge in [0.1, 0.15) is 66.5 Å². The van der Waals surface area contributed by atoms with Crippen LogP contribution in [0.4, 0.5) is 0 Å². The van der Waals surface area contributed by atoms with E-state index in [-0.39, 0.29) is 109 Å². The van der Waals surface area contributed by atoms with E-state index in [1.54, 1.807) is 55.4 Å². The van der Waals surface area contributed by atoms with Gasteiger partial charge in [-0.1, -0.05) is 68.2 Å². The molecule has 114 heavy (non-hydrogen) atoms. The zero-order valence-corrected chi connectivity index (χ0v) is 66.7. The second kappa shape index (κ2) is 52.7. The standard InChI is InChI=1S/C72H125N23O19/c1-9-40(7)59(69(110)90-49(32-54(79)98)66(107)87-45(19-12-15-27-74)62(103)86-46(20-13-16-28-75)63(104)91-50(72(113)114)30-38(3)4)94-70(111)60(41(8)10-2)93-65(106)47(22-24-52(77)96)88-68(109)58(39(5)6)92-64(105)44(18-11-14-26-73)85-57(101)36-82-55(99)34-81-56(100)35-83-67(108)51-21-17-29-95(51)71(112)48(23-25-53(78)97)89-61(102)43(76)31-42-33-80-37-84-42/h33,37-41,43-51,58-60H,9-32,34-36,73-76H2,1-8H3,(H2,77,96)(H2,78,97)(H2,79,98)(H,80,84)(H,81,100)(H,82,99)(H,83,108)(H,85,101)(H,86,103)(H,87,107)(H,88,109)(H,89,102)(H,90,110)(H,91,104)(H,92,105)(H,93,106)(H,94,111)(H,113,114)/t40-,41-,43-,44-,45-,46-,47-,48-,49-,50-,51-,58-,59-,60-/m0/s1. The number of carbonyl (C=O) groups excluding carboxylic acids is 17. The third-order valence-electron chi connectivity index (χ3n) is 19.0. The van der Waals surface area contributed by atoms with E-state index in [1.807, 2.05) is 0 Å². The van der Waals surface area contributed by atoms with E-state index in [0.29, 0.717) is 37.8 Å². The number of carboxylic acids is 1. The number of aromatic amines is 1. The molecular formula is C72H125N23O19. The van der Waals surface area contributed by atoms with Crippen LogP contribution < -0.4 is 109 Å². The molecule has 1 aromatic rings. The van der Waals surface area contributed by atoms with Crippen molar-refractivity contribution in [1.29, 1.82) is 0 Å². The smallest absolute Gasteiger partial charge is 0.326 e. The number of rotatable bonds is 57. The van der Waals surface area contributed by atoms with Gasteiger partial charge in [0.2, 0.25) is 100 Å². The van der Waals surface area contributed by atoms with Crippen molar-refractivity contribution in [3.8, 4) is 0 Å². The van der Waals surface area contributed by atoms with Crippen molar-refractivity contribution in [1.82, 2.24) is 84.0 Å². The number of nitrogens with zero attached hydrogens (tertiary/aromatic N) is 2. The predicted molar refractivity (Wildman–Crippen MR) is 414 cm³/mol. The number of aliphatic carboxylic acids is 1. The van der Waals surface area contributed by atoms with E-state index in [4.69, 9.17) is 40.1 Å². The van der Waals surface area contributed by atoms with Gasteiger partial charge in [0, 0.05) is 37.7 Å². The maximum Gasteiger partial charge on any atom is 0.326 e. The van der Waals surface area contributed by atoms with Crippen molar-refractivity contribution in [2.45, 2.75) is 256 Å². The summed E-state index contributed by atoms with van der Waals surface area (Å²) in [5, 5.41) is 42.5. The number of imidazole rings is 1. The van der Waals surface area contributed by atoms with Crippen LogP contribution in [0.1, 0.15) is 183 Å². The fraction of sp³-hybridized carbons (Fsp3) is 0.708. The number of carboxylic acid groups (broad SMARTS) is 1. The first kappa shape index (κ1) is 99.6. The number of H-pyrrole nitrogens is 1. The van der Waals surface area contributed by atoms with E-state index < -0.39 is 236 Å². The van der Waals surface area contributed by atoms with E-state index in [0.717, 1.165) is 0 Å². The summed E-state index contributed by atoms with van der Waals surface area (Å²) in [6.45, 7) is 11.9. The average Bonchev–Trinajstić information content (AvgIpc) is 1.67. The van der Waals surface area contributed by atoms with Crippen LogP contribution in [0.3, 0.4) is 0 Å². The van der Waals surface area contributed by atoms with Crippen molar-refractivity contribution in [3.05, 3.63) is 18.2 Å². The molecule has 1 fully saturated rings. The molecule has 0 spiro atoms. The maximum absolute atomic E-state index is 14.6. The molecular weight excluding hydrogens is 1490 g/mol. The van der Waals surface area contributed by atoms with Crippen LogP contribution in [-0.2, 0) is 92.7 Å². The van der Waals surface area contributed by atoms with Crippen molar-refractivity contribution in [3.63, 3.8) is 0 Å². The van der Waals surface area contributed by atoms with E-state index in [1.165, 1.54) is 17.4 Å². The summed E-state index contributed by atoms with van der Waals surface area (Å²) in [4.78, 5) is 250. The summed E-state index contributed by atoms with van der Waals surface area (Å²) in [6.07, 6.45) is 3.88. The quantitative estimate of drug-likeness (QED) is 0.0270. The van der Waals surface area contributed by atoms with Gasteiger partial charge in [0.05, 0.1) is 38.4 Å². The molecule has 0 unspecified atom stereocenters. The Bertz CT molecular complexity index is 3380. The molecule has 17 amide bonds. The number of hydrogen-bond acceptors (Lipinski definition) is 23. The van der Waals surface area contributed by atoms with Crippen LogP contribution in [-0.4, -0.2) is 245 Å². The normalized spacial score (nSPS) is 15.9. The van der Waals surface area contributed by atoms with Crippen LogP contribution in [0.25, 0.3) is 0 Å². The number of carbonyl (C=O) groups is 18. The summed E-state index contributed by atoms with van der Waals surface area (Å²) >= 11 is 0. The van der Waals surface area contributed by atoms with Crippen LogP contribution in [0.5, 0.6) is 0 Å². The fourth-order valence-corrected chi connectivity index (χ4v) is 12.0.